The Bertz CT molecular complexity index is 1090. The fraction of sp³-hybridized carbons (Fsp3) is 0.429. The molecule has 9 nitrogen and oxygen atoms in total. The van der Waals surface area contributed by atoms with Crippen LogP contribution in [0.3, 0.4) is 0 Å². The maximum absolute atomic E-state index is 12.7. The fourth-order valence-corrected chi connectivity index (χ4v) is 4.78. The van der Waals surface area contributed by atoms with Gasteiger partial charge in [-0.05, 0) is 30.9 Å². The van der Waals surface area contributed by atoms with Crippen molar-refractivity contribution in [2.45, 2.75) is 43.8 Å². The number of benzene rings is 1. The maximum atomic E-state index is 12.7. The minimum atomic E-state index is -0.314. The second-order valence-electron chi connectivity index (χ2n) is 8.02. The zero-order valence-corrected chi connectivity index (χ0v) is 19.7. The summed E-state index contributed by atoms with van der Waals surface area (Å²) in [5.41, 5.74) is 0.591. The molecule has 1 aliphatic rings. The van der Waals surface area contributed by atoms with Crippen LogP contribution in [0.15, 0.2) is 35.5 Å². The molecule has 0 spiro atoms. The molecule has 1 aromatic carbocycles. The van der Waals surface area contributed by atoms with Gasteiger partial charge in [-0.3, -0.25) is 14.9 Å². The van der Waals surface area contributed by atoms with Crippen molar-refractivity contribution in [1.29, 1.82) is 0 Å². The highest BCUT2D eigenvalue weighted by molar-refractivity contribution is 7.99. The first kappa shape index (κ1) is 22.4. The third kappa shape index (κ3) is 5.33. The van der Waals surface area contributed by atoms with E-state index in [9.17, 15) is 9.59 Å². The number of hydrogen-bond acceptors (Lipinski definition) is 8. The molecule has 2 N–H and O–H groups in total. The van der Waals surface area contributed by atoms with Crippen LogP contribution in [0.2, 0.25) is 0 Å². The molecule has 4 rings (SSSR count). The zero-order chi connectivity index (χ0) is 22.7. The molecule has 1 atom stereocenters. The summed E-state index contributed by atoms with van der Waals surface area (Å²) in [6.45, 7) is 4.03. The Morgan fingerprint density at radius 1 is 1.16 bits per heavy atom. The molecule has 0 aliphatic heterocycles. The minimum Gasteiger partial charge on any atom is -0.342 e. The van der Waals surface area contributed by atoms with E-state index in [1.807, 2.05) is 43.7 Å². The lowest BCUT2D eigenvalue weighted by molar-refractivity contribution is -0.113. The fourth-order valence-electron chi connectivity index (χ4n) is 3.13. The van der Waals surface area contributed by atoms with E-state index in [0.29, 0.717) is 27.6 Å². The molecule has 2 amide bonds. The summed E-state index contributed by atoms with van der Waals surface area (Å²) in [5.74, 6) is 1.10. The summed E-state index contributed by atoms with van der Waals surface area (Å²) in [4.78, 5) is 25.0. The van der Waals surface area contributed by atoms with Gasteiger partial charge in [-0.2, -0.15) is 0 Å². The Labute approximate surface area is 194 Å². The number of nitrogens with one attached hydrogen (secondary N) is 2. The Morgan fingerprint density at radius 2 is 1.91 bits per heavy atom. The van der Waals surface area contributed by atoms with E-state index >= 15 is 0 Å². The lowest BCUT2D eigenvalue weighted by Gasteiger charge is -2.21. The van der Waals surface area contributed by atoms with Crippen molar-refractivity contribution in [2.75, 3.05) is 11.1 Å². The van der Waals surface area contributed by atoms with Gasteiger partial charge >= 0.3 is 0 Å². The molecule has 3 aromatic rings. The van der Waals surface area contributed by atoms with Crippen LogP contribution < -0.4 is 10.6 Å². The highest BCUT2D eigenvalue weighted by atomic mass is 32.2. The van der Waals surface area contributed by atoms with Crippen LogP contribution in [0.4, 0.5) is 5.13 Å². The van der Waals surface area contributed by atoms with Gasteiger partial charge in [0.05, 0.1) is 11.8 Å². The van der Waals surface area contributed by atoms with E-state index in [1.165, 1.54) is 23.1 Å². The molecule has 1 fully saturated rings. The smallest absolute Gasteiger partial charge is 0.251 e. The SMILES string of the molecule is CC(C)[C@@H](NC(=O)c1ccccc1)c1nnc(SCC(=O)Nc2nnc(C3CC3)s2)n1C. The lowest BCUT2D eigenvalue weighted by Crippen LogP contribution is -2.33. The van der Waals surface area contributed by atoms with Crippen molar-refractivity contribution >= 4 is 40.0 Å². The monoisotopic (exact) mass is 471 g/mol. The van der Waals surface area contributed by atoms with Crippen LogP contribution in [0, 0.1) is 5.92 Å². The Balaban J connectivity index is 1.37. The molecule has 0 unspecified atom stereocenters. The number of thioether (sulfide) groups is 1. The van der Waals surface area contributed by atoms with E-state index in [1.54, 1.807) is 12.1 Å². The largest absolute Gasteiger partial charge is 0.342 e. The summed E-state index contributed by atoms with van der Waals surface area (Å²) >= 11 is 2.72. The number of nitrogens with zero attached hydrogens (tertiary/aromatic N) is 5. The number of anilines is 1. The average Bonchev–Trinajstić information content (AvgIpc) is 3.43. The summed E-state index contributed by atoms with van der Waals surface area (Å²) in [7, 11) is 1.84. The van der Waals surface area contributed by atoms with Crippen molar-refractivity contribution in [3.63, 3.8) is 0 Å². The van der Waals surface area contributed by atoms with Gasteiger partial charge in [-0.1, -0.05) is 55.1 Å². The predicted octanol–water partition coefficient (Wildman–Crippen LogP) is 3.40. The standard InChI is InChI=1S/C21H25N7O2S2/c1-12(2)16(23-18(30)13-7-5-4-6-8-13)17-24-27-21(28(17)3)31-11-15(29)22-20-26-25-19(32-20)14-9-10-14/h4-8,12,14,16H,9-11H2,1-3H3,(H,23,30)(H,22,26,29)/t16-/m1/s1. The number of aromatic nitrogens is 5. The number of amides is 2. The number of rotatable bonds is 9. The van der Waals surface area contributed by atoms with Crippen LogP contribution in [-0.2, 0) is 11.8 Å². The molecule has 32 heavy (non-hydrogen) atoms. The topological polar surface area (TPSA) is 115 Å². The molecule has 2 heterocycles. The first-order chi connectivity index (χ1) is 15.4. The Hall–Kier alpha value is -2.79. The molecular formula is C21H25N7O2S2. The molecule has 0 radical (unpaired) electrons. The molecule has 11 heteroatoms. The van der Waals surface area contributed by atoms with Gasteiger partial charge in [0.25, 0.3) is 5.91 Å². The van der Waals surface area contributed by atoms with E-state index in [2.05, 4.69) is 31.0 Å². The summed E-state index contributed by atoms with van der Waals surface area (Å²) < 4.78 is 1.82. The van der Waals surface area contributed by atoms with Crippen molar-refractivity contribution in [3.8, 4) is 0 Å². The third-order valence-corrected chi connectivity index (χ3v) is 7.10. The summed E-state index contributed by atoms with van der Waals surface area (Å²) in [6.07, 6.45) is 2.30. The Morgan fingerprint density at radius 3 is 2.59 bits per heavy atom. The Kier molecular flexibility index (Phi) is 6.85. The van der Waals surface area contributed by atoms with Crippen molar-refractivity contribution in [1.82, 2.24) is 30.3 Å². The quantitative estimate of drug-likeness (QED) is 0.460. The highest BCUT2D eigenvalue weighted by Gasteiger charge is 2.28. The molecule has 0 saturated heterocycles. The first-order valence-electron chi connectivity index (χ1n) is 10.4. The minimum absolute atomic E-state index is 0.102. The second-order valence-corrected chi connectivity index (χ2v) is 9.97. The maximum Gasteiger partial charge on any atom is 0.251 e. The molecular weight excluding hydrogens is 446 g/mol. The van der Waals surface area contributed by atoms with Crippen LogP contribution in [-0.4, -0.2) is 42.5 Å². The van der Waals surface area contributed by atoms with Crippen LogP contribution in [0.1, 0.15) is 59.8 Å². The molecule has 1 aliphatic carbocycles. The van der Waals surface area contributed by atoms with Gasteiger partial charge in [0.15, 0.2) is 11.0 Å². The van der Waals surface area contributed by atoms with Crippen molar-refractivity contribution in [3.05, 3.63) is 46.7 Å². The predicted molar refractivity (Wildman–Crippen MR) is 124 cm³/mol. The average molecular weight is 472 g/mol. The van der Waals surface area contributed by atoms with Crippen LogP contribution >= 0.6 is 23.1 Å². The van der Waals surface area contributed by atoms with Crippen molar-refractivity contribution < 1.29 is 9.59 Å². The number of hydrogen-bond donors (Lipinski definition) is 2. The van der Waals surface area contributed by atoms with Gasteiger partial charge < -0.3 is 9.88 Å². The van der Waals surface area contributed by atoms with Gasteiger partial charge in [-0.25, -0.2) is 0 Å². The van der Waals surface area contributed by atoms with Gasteiger partial charge in [0, 0.05) is 18.5 Å². The van der Waals surface area contributed by atoms with Gasteiger partial charge in [-0.15, -0.1) is 20.4 Å². The van der Waals surface area contributed by atoms with E-state index in [-0.39, 0.29) is 29.5 Å². The summed E-state index contributed by atoms with van der Waals surface area (Å²) in [6, 6.07) is 8.76. The molecule has 2 aromatic heterocycles. The zero-order valence-electron chi connectivity index (χ0n) is 18.1. The lowest BCUT2D eigenvalue weighted by atomic mass is 10.0. The number of carbonyl (C=O) groups excluding carboxylic acids is 2. The van der Waals surface area contributed by atoms with Crippen molar-refractivity contribution in [2.24, 2.45) is 13.0 Å². The van der Waals surface area contributed by atoms with Crippen LogP contribution in [0.5, 0.6) is 0 Å². The molecule has 0 bridgehead atoms. The summed E-state index contributed by atoms with van der Waals surface area (Å²) in [5, 5.41) is 24.7. The number of carbonyl (C=O) groups is 2. The van der Waals surface area contributed by atoms with Gasteiger partial charge in [0.1, 0.15) is 5.01 Å². The second kappa shape index (κ2) is 9.78. The third-order valence-electron chi connectivity index (χ3n) is 5.08. The molecule has 168 valence electrons. The molecule has 1 saturated carbocycles. The van der Waals surface area contributed by atoms with Crippen LogP contribution in [0.25, 0.3) is 0 Å². The van der Waals surface area contributed by atoms with E-state index in [4.69, 9.17) is 0 Å². The van der Waals surface area contributed by atoms with E-state index in [0.717, 1.165) is 17.8 Å². The van der Waals surface area contributed by atoms with E-state index < -0.39 is 0 Å². The highest BCUT2D eigenvalue weighted by Crippen LogP contribution is 2.42. The van der Waals surface area contributed by atoms with Gasteiger partial charge in [0.2, 0.25) is 11.0 Å². The normalized spacial score (nSPS) is 14.4. The first-order valence-corrected chi connectivity index (χ1v) is 12.2.